The molecule has 102 valence electrons. The highest BCUT2D eigenvalue weighted by Crippen LogP contribution is 2.46. The van der Waals surface area contributed by atoms with Crippen molar-refractivity contribution in [2.45, 2.75) is 26.2 Å². The first-order chi connectivity index (χ1) is 9.10. The first-order valence-corrected chi connectivity index (χ1v) is 6.90. The quantitative estimate of drug-likeness (QED) is 0.781. The van der Waals surface area contributed by atoms with Crippen LogP contribution in [0.3, 0.4) is 0 Å². The zero-order valence-electron chi connectivity index (χ0n) is 11.7. The number of hydrogen-bond donors (Lipinski definition) is 0. The molecule has 0 spiro atoms. The number of aryl methyl sites for hydroxylation is 1. The van der Waals surface area contributed by atoms with Gasteiger partial charge in [-0.3, -0.25) is 4.79 Å². The first kappa shape index (κ1) is 12.5. The number of fused-ring (bicyclic) bond motifs is 1. The summed E-state index contributed by atoms with van der Waals surface area (Å²) < 4.78 is 4.79. The lowest BCUT2D eigenvalue weighted by atomic mass is 10.00. The Morgan fingerprint density at radius 2 is 2.11 bits per heavy atom. The molecule has 0 N–H and O–H groups in total. The van der Waals surface area contributed by atoms with E-state index in [4.69, 9.17) is 4.74 Å². The number of carbonyl (C=O) groups is 1. The van der Waals surface area contributed by atoms with Gasteiger partial charge < -0.3 is 9.64 Å². The van der Waals surface area contributed by atoms with E-state index in [2.05, 4.69) is 9.88 Å². The van der Waals surface area contributed by atoms with Crippen LogP contribution in [0.15, 0.2) is 12.1 Å². The fourth-order valence-corrected chi connectivity index (χ4v) is 3.08. The predicted octanol–water partition coefficient (Wildman–Crippen LogP) is 2.12. The molecule has 3 rings (SSSR count). The SMILES string of the molecule is COC(=O)C(C)c1ccc(N2CC3CC3C2)nc1C. The van der Waals surface area contributed by atoms with Crippen LogP contribution < -0.4 is 4.90 Å². The van der Waals surface area contributed by atoms with E-state index in [1.807, 2.05) is 26.0 Å². The monoisotopic (exact) mass is 260 g/mol. The summed E-state index contributed by atoms with van der Waals surface area (Å²) in [6.45, 7) is 6.11. The van der Waals surface area contributed by atoms with Gasteiger partial charge in [0.15, 0.2) is 0 Å². The number of piperidine rings is 1. The minimum absolute atomic E-state index is 0.208. The number of carbonyl (C=O) groups excluding carboxylic acids is 1. The van der Waals surface area contributed by atoms with Crippen molar-refractivity contribution in [2.75, 3.05) is 25.1 Å². The number of methoxy groups -OCH3 is 1. The van der Waals surface area contributed by atoms with Gasteiger partial charge in [0, 0.05) is 18.8 Å². The minimum Gasteiger partial charge on any atom is -0.469 e. The van der Waals surface area contributed by atoms with Gasteiger partial charge in [-0.1, -0.05) is 6.07 Å². The number of nitrogens with zero attached hydrogens (tertiary/aromatic N) is 2. The van der Waals surface area contributed by atoms with E-state index in [0.717, 1.165) is 42.0 Å². The van der Waals surface area contributed by atoms with Gasteiger partial charge in [-0.2, -0.15) is 0 Å². The number of hydrogen-bond acceptors (Lipinski definition) is 4. The van der Waals surface area contributed by atoms with Crippen molar-refractivity contribution in [3.63, 3.8) is 0 Å². The topological polar surface area (TPSA) is 42.4 Å². The number of rotatable bonds is 3. The third-order valence-electron chi connectivity index (χ3n) is 4.44. The molecule has 2 aliphatic rings. The predicted molar refractivity (Wildman–Crippen MR) is 73.2 cm³/mol. The molecule has 0 bridgehead atoms. The van der Waals surface area contributed by atoms with Crippen molar-refractivity contribution in [1.29, 1.82) is 0 Å². The van der Waals surface area contributed by atoms with Gasteiger partial charge in [-0.05, 0) is 43.7 Å². The van der Waals surface area contributed by atoms with E-state index in [-0.39, 0.29) is 11.9 Å². The van der Waals surface area contributed by atoms with Gasteiger partial charge in [-0.15, -0.1) is 0 Å². The number of aromatic nitrogens is 1. The molecule has 1 aromatic rings. The molecular formula is C15H20N2O2. The molecule has 1 aromatic heterocycles. The van der Waals surface area contributed by atoms with E-state index in [1.54, 1.807) is 0 Å². The van der Waals surface area contributed by atoms with Gasteiger partial charge in [0.25, 0.3) is 0 Å². The molecule has 4 heteroatoms. The van der Waals surface area contributed by atoms with Crippen LogP contribution in [-0.4, -0.2) is 31.2 Å². The van der Waals surface area contributed by atoms with Crippen LogP contribution in [0, 0.1) is 18.8 Å². The van der Waals surface area contributed by atoms with Crippen molar-refractivity contribution in [1.82, 2.24) is 4.98 Å². The lowest BCUT2D eigenvalue weighted by molar-refractivity contribution is -0.142. The van der Waals surface area contributed by atoms with Crippen LogP contribution in [0.5, 0.6) is 0 Å². The molecular weight excluding hydrogens is 240 g/mol. The maximum absolute atomic E-state index is 11.6. The molecule has 0 radical (unpaired) electrons. The lowest BCUT2D eigenvalue weighted by Crippen LogP contribution is -2.23. The summed E-state index contributed by atoms with van der Waals surface area (Å²) in [5.41, 5.74) is 1.89. The summed E-state index contributed by atoms with van der Waals surface area (Å²) in [7, 11) is 1.42. The van der Waals surface area contributed by atoms with Crippen LogP contribution >= 0.6 is 0 Å². The third-order valence-corrected chi connectivity index (χ3v) is 4.44. The van der Waals surface area contributed by atoms with E-state index >= 15 is 0 Å². The third kappa shape index (κ3) is 2.20. The average molecular weight is 260 g/mol. The van der Waals surface area contributed by atoms with Crippen LogP contribution in [0.25, 0.3) is 0 Å². The fraction of sp³-hybridized carbons (Fsp3) is 0.600. The van der Waals surface area contributed by atoms with E-state index in [0.29, 0.717) is 0 Å². The Balaban J connectivity index is 1.79. The number of anilines is 1. The maximum atomic E-state index is 11.6. The maximum Gasteiger partial charge on any atom is 0.312 e. The molecule has 2 fully saturated rings. The molecule has 19 heavy (non-hydrogen) atoms. The fourth-order valence-electron chi connectivity index (χ4n) is 3.08. The minimum atomic E-state index is -0.251. The summed E-state index contributed by atoms with van der Waals surface area (Å²) >= 11 is 0. The summed E-state index contributed by atoms with van der Waals surface area (Å²) in [5, 5.41) is 0. The molecule has 3 unspecified atom stereocenters. The highest BCUT2D eigenvalue weighted by atomic mass is 16.5. The summed E-state index contributed by atoms with van der Waals surface area (Å²) in [6, 6.07) is 4.05. The number of esters is 1. The average Bonchev–Trinajstić information content (AvgIpc) is 3.03. The largest absolute Gasteiger partial charge is 0.469 e. The van der Waals surface area contributed by atoms with Gasteiger partial charge in [0.2, 0.25) is 0 Å². The molecule has 0 amide bonds. The van der Waals surface area contributed by atoms with Gasteiger partial charge >= 0.3 is 5.97 Å². The Bertz CT molecular complexity index is 505. The van der Waals surface area contributed by atoms with Crippen LogP contribution in [0.2, 0.25) is 0 Å². The first-order valence-electron chi connectivity index (χ1n) is 6.90. The van der Waals surface area contributed by atoms with E-state index in [1.165, 1.54) is 13.5 Å². The molecule has 4 nitrogen and oxygen atoms in total. The van der Waals surface area contributed by atoms with Crippen molar-refractivity contribution in [3.8, 4) is 0 Å². The van der Waals surface area contributed by atoms with E-state index in [9.17, 15) is 4.79 Å². The van der Waals surface area contributed by atoms with Crippen molar-refractivity contribution in [3.05, 3.63) is 23.4 Å². The Kier molecular flexibility index (Phi) is 2.96. The Morgan fingerprint density at radius 3 is 2.68 bits per heavy atom. The summed E-state index contributed by atoms with van der Waals surface area (Å²) in [5.74, 6) is 2.38. The van der Waals surface area contributed by atoms with Gasteiger partial charge in [0.1, 0.15) is 5.82 Å². The Hall–Kier alpha value is -1.58. The molecule has 1 saturated carbocycles. The second-order valence-corrected chi connectivity index (χ2v) is 5.75. The molecule has 1 saturated heterocycles. The Morgan fingerprint density at radius 1 is 1.42 bits per heavy atom. The highest BCUT2D eigenvalue weighted by Gasteiger charge is 2.45. The highest BCUT2D eigenvalue weighted by molar-refractivity contribution is 5.78. The van der Waals surface area contributed by atoms with Crippen LogP contribution in [0.4, 0.5) is 5.82 Å². The second kappa shape index (κ2) is 4.51. The smallest absolute Gasteiger partial charge is 0.312 e. The molecule has 3 atom stereocenters. The van der Waals surface area contributed by atoms with Crippen molar-refractivity contribution in [2.24, 2.45) is 11.8 Å². The zero-order chi connectivity index (χ0) is 13.6. The zero-order valence-corrected chi connectivity index (χ0v) is 11.7. The van der Waals surface area contributed by atoms with E-state index < -0.39 is 0 Å². The standard InChI is InChI=1S/C15H20N2O2/c1-9(15(18)19-3)13-4-5-14(16-10(13)2)17-7-11-6-12(11)8-17/h4-5,9,11-12H,6-8H2,1-3H3. The van der Waals surface area contributed by atoms with Crippen LogP contribution in [0.1, 0.15) is 30.5 Å². The van der Waals surface area contributed by atoms with Gasteiger partial charge in [0.05, 0.1) is 13.0 Å². The summed E-state index contributed by atoms with van der Waals surface area (Å²) in [4.78, 5) is 18.6. The number of ether oxygens (including phenoxy) is 1. The molecule has 1 aliphatic heterocycles. The summed E-state index contributed by atoms with van der Waals surface area (Å²) in [6.07, 6.45) is 1.40. The molecule has 2 heterocycles. The Labute approximate surface area is 113 Å². The molecule has 1 aliphatic carbocycles. The van der Waals surface area contributed by atoms with Crippen molar-refractivity contribution < 1.29 is 9.53 Å². The normalized spacial score (nSPS) is 25.9. The van der Waals surface area contributed by atoms with Gasteiger partial charge in [-0.25, -0.2) is 4.98 Å². The van der Waals surface area contributed by atoms with Crippen LogP contribution in [-0.2, 0) is 9.53 Å². The van der Waals surface area contributed by atoms with Crippen molar-refractivity contribution >= 4 is 11.8 Å². The second-order valence-electron chi connectivity index (χ2n) is 5.75. The lowest BCUT2D eigenvalue weighted by Gasteiger charge is -2.21. The number of pyridine rings is 1. The molecule has 0 aromatic carbocycles.